The summed E-state index contributed by atoms with van der Waals surface area (Å²) in [4.78, 5) is 7.51. The molecule has 0 bridgehead atoms. The van der Waals surface area contributed by atoms with Gasteiger partial charge in [-0.15, -0.1) is 0 Å². The molecule has 0 spiro atoms. The minimum atomic E-state index is 0.279. The molecule has 0 aromatic carbocycles. The van der Waals surface area contributed by atoms with Crippen LogP contribution in [0.25, 0.3) is 0 Å². The lowest BCUT2D eigenvalue weighted by atomic mass is 10.0. The first-order valence-corrected chi connectivity index (χ1v) is 11.2. The molecular weight excluding hydrogens is 364 g/mol. The lowest BCUT2D eigenvalue weighted by Gasteiger charge is -2.34. The molecule has 0 saturated carbocycles. The molecule has 0 aliphatic carbocycles. The molecule has 0 radical (unpaired) electrons. The maximum absolute atomic E-state index is 5.54. The van der Waals surface area contributed by atoms with Crippen LogP contribution in [0.1, 0.15) is 51.1 Å². The predicted molar refractivity (Wildman–Crippen MR) is 121 cm³/mol. The van der Waals surface area contributed by atoms with Gasteiger partial charge in [0, 0.05) is 44.5 Å². The highest BCUT2D eigenvalue weighted by Crippen LogP contribution is 2.15. The molecule has 2 heterocycles. The van der Waals surface area contributed by atoms with Gasteiger partial charge in [0.15, 0.2) is 5.96 Å². The third kappa shape index (κ3) is 7.30. The van der Waals surface area contributed by atoms with Crippen LogP contribution in [0, 0.1) is 19.8 Å². The highest BCUT2D eigenvalue weighted by Gasteiger charge is 2.22. The molecule has 1 aliphatic rings. The van der Waals surface area contributed by atoms with E-state index in [2.05, 4.69) is 62.2 Å². The summed E-state index contributed by atoms with van der Waals surface area (Å²) in [5.41, 5.74) is 3.68. The average molecular weight is 407 g/mol. The fraction of sp³-hybridized carbons (Fsp3) is 0.818. The molecule has 1 aliphatic heterocycles. The summed E-state index contributed by atoms with van der Waals surface area (Å²) in [6.45, 7) is 18.5. The highest BCUT2D eigenvalue weighted by molar-refractivity contribution is 5.80. The van der Waals surface area contributed by atoms with Crippen molar-refractivity contribution in [3.05, 3.63) is 17.0 Å². The molecule has 2 rings (SSSR count). The van der Waals surface area contributed by atoms with E-state index >= 15 is 0 Å². The van der Waals surface area contributed by atoms with Gasteiger partial charge in [0.2, 0.25) is 0 Å². The quantitative estimate of drug-likeness (QED) is 0.486. The van der Waals surface area contributed by atoms with Crippen LogP contribution in [-0.2, 0) is 18.2 Å². The van der Waals surface area contributed by atoms with Crippen molar-refractivity contribution in [2.45, 2.75) is 66.5 Å². The van der Waals surface area contributed by atoms with E-state index in [0.717, 1.165) is 63.9 Å². The summed E-state index contributed by atoms with van der Waals surface area (Å²) in [5.74, 6) is 1.56. The second kappa shape index (κ2) is 11.6. The van der Waals surface area contributed by atoms with Crippen molar-refractivity contribution in [2.24, 2.45) is 18.0 Å². The van der Waals surface area contributed by atoms with Crippen molar-refractivity contribution in [1.82, 2.24) is 25.3 Å². The number of guanidine groups is 1. The van der Waals surface area contributed by atoms with Crippen molar-refractivity contribution >= 4 is 5.96 Å². The predicted octanol–water partition coefficient (Wildman–Crippen LogP) is 2.27. The largest absolute Gasteiger partial charge is 0.379 e. The molecule has 7 nitrogen and oxygen atoms in total. The number of hydrogen-bond donors (Lipinski definition) is 2. The third-order valence-corrected chi connectivity index (χ3v) is 5.66. The van der Waals surface area contributed by atoms with Gasteiger partial charge in [0.25, 0.3) is 0 Å². The zero-order valence-electron chi connectivity index (χ0n) is 19.6. The zero-order valence-corrected chi connectivity index (χ0v) is 19.6. The number of nitrogens with one attached hydrogen (secondary N) is 2. The molecule has 0 amide bonds. The van der Waals surface area contributed by atoms with Crippen LogP contribution < -0.4 is 10.6 Å². The Morgan fingerprint density at radius 2 is 1.90 bits per heavy atom. The molecule has 2 atom stereocenters. The molecular formula is C22H42N6O. The number of aryl methyl sites for hydroxylation is 2. The average Bonchev–Trinajstić information content (AvgIpc) is 2.91. The lowest BCUT2D eigenvalue weighted by Crippen LogP contribution is -2.47. The Balaban J connectivity index is 2.02. The van der Waals surface area contributed by atoms with E-state index in [1.807, 2.05) is 11.7 Å². The molecule has 1 saturated heterocycles. The first-order chi connectivity index (χ1) is 13.8. The van der Waals surface area contributed by atoms with Crippen LogP contribution in [-0.4, -0.2) is 72.1 Å². The first-order valence-electron chi connectivity index (χ1n) is 11.2. The third-order valence-electron chi connectivity index (χ3n) is 5.66. The lowest BCUT2D eigenvalue weighted by molar-refractivity contribution is 0.0143. The Kier molecular flexibility index (Phi) is 9.43. The Morgan fingerprint density at radius 1 is 1.21 bits per heavy atom. The van der Waals surface area contributed by atoms with Gasteiger partial charge in [0.1, 0.15) is 0 Å². The monoisotopic (exact) mass is 406 g/mol. The van der Waals surface area contributed by atoms with E-state index in [9.17, 15) is 0 Å². The maximum atomic E-state index is 5.54. The molecule has 7 heteroatoms. The van der Waals surface area contributed by atoms with E-state index in [0.29, 0.717) is 12.0 Å². The number of hydrogen-bond acceptors (Lipinski definition) is 4. The van der Waals surface area contributed by atoms with Gasteiger partial charge in [-0.05, 0) is 52.0 Å². The van der Waals surface area contributed by atoms with Crippen LogP contribution in [0.4, 0.5) is 0 Å². The van der Waals surface area contributed by atoms with Crippen molar-refractivity contribution in [3.63, 3.8) is 0 Å². The van der Waals surface area contributed by atoms with Crippen LogP contribution in [0.15, 0.2) is 4.99 Å². The molecule has 166 valence electrons. The van der Waals surface area contributed by atoms with Crippen LogP contribution in [0.3, 0.4) is 0 Å². The second-order valence-electron chi connectivity index (χ2n) is 8.67. The molecule has 1 aromatic heterocycles. The smallest absolute Gasteiger partial charge is 0.191 e. The van der Waals surface area contributed by atoms with E-state index in [1.54, 1.807) is 0 Å². The Labute approximate surface area is 177 Å². The SMILES string of the molecule is CCNC(=NCC(CC(C)C)N1CCOCC1)NC(C)Cc1c(C)nn(C)c1C. The fourth-order valence-corrected chi connectivity index (χ4v) is 4.05. The van der Waals surface area contributed by atoms with Gasteiger partial charge in [-0.25, -0.2) is 0 Å². The van der Waals surface area contributed by atoms with Gasteiger partial charge in [-0.3, -0.25) is 14.6 Å². The Morgan fingerprint density at radius 3 is 2.45 bits per heavy atom. The first kappa shape index (κ1) is 23.7. The number of morpholine rings is 1. The van der Waals surface area contributed by atoms with Crippen molar-refractivity contribution in [3.8, 4) is 0 Å². The number of aliphatic imine (C=N–C) groups is 1. The summed E-state index contributed by atoms with van der Waals surface area (Å²) >= 11 is 0. The van der Waals surface area contributed by atoms with Crippen LogP contribution >= 0.6 is 0 Å². The van der Waals surface area contributed by atoms with Crippen molar-refractivity contribution in [2.75, 3.05) is 39.4 Å². The number of aromatic nitrogens is 2. The van der Waals surface area contributed by atoms with Crippen LogP contribution in [0.2, 0.25) is 0 Å². The molecule has 1 fully saturated rings. The van der Waals surface area contributed by atoms with Gasteiger partial charge >= 0.3 is 0 Å². The number of nitrogens with zero attached hydrogens (tertiary/aromatic N) is 4. The maximum Gasteiger partial charge on any atom is 0.191 e. The molecule has 2 unspecified atom stereocenters. The number of rotatable bonds is 9. The van der Waals surface area contributed by atoms with Gasteiger partial charge < -0.3 is 15.4 Å². The topological polar surface area (TPSA) is 66.7 Å². The van der Waals surface area contributed by atoms with Crippen molar-refractivity contribution < 1.29 is 4.74 Å². The molecule has 2 N–H and O–H groups in total. The summed E-state index contributed by atoms with van der Waals surface area (Å²) in [6, 6.07) is 0.744. The summed E-state index contributed by atoms with van der Waals surface area (Å²) < 4.78 is 7.51. The minimum absolute atomic E-state index is 0.279. The van der Waals surface area contributed by atoms with Crippen LogP contribution in [0.5, 0.6) is 0 Å². The van der Waals surface area contributed by atoms with Gasteiger partial charge in [-0.2, -0.15) is 5.10 Å². The zero-order chi connectivity index (χ0) is 21.4. The normalized spacial score (nSPS) is 18.1. The Bertz CT molecular complexity index is 648. The van der Waals surface area contributed by atoms with Gasteiger partial charge in [-0.1, -0.05) is 13.8 Å². The van der Waals surface area contributed by atoms with E-state index in [-0.39, 0.29) is 6.04 Å². The standard InChI is InChI=1S/C22H42N6O/c1-8-23-22(25-17(4)14-21-18(5)26-27(7)19(21)6)24-15-20(13-16(2)3)28-9-11-29-12-10-28/h16-17,20H,8-15H2,1-7H3,(H2,23,24,25). The Hall–Kier alpha value is -1.60. The highest BCUT2D eigenvalue weighted by atomic mass is 16.5. The van der Waals surface area contributed by atoms with E-state index in [1.165, 1.54) is 11.3 Å². The summed E-state index contributed by atoms with van der Waals surface area (Å²) in [5, 5.41) is 11.6. The van der Waals surface area contributed by atoms with Gasteiger partial charge in [0.05, 0.1) is 25.5 Å². The van der Waals surface area contributed by atoms with E-state index in [4.69, 9.17) is 9.73 Å². The fourth-order valence-electron chi connectivity index (χ4n) is 4.05. The summed E-state index contributed by atoms with van der Waals surface area (Å²) in [7, 11) is 2.01. The molecule has 1 aromatic rings. The molecule has 29 heavy (non-hydrogen) atoms. The summed E-state index contributed by atoms with van der Waals surface area (Å²) in [6.07, 6.45) is 2.10. The number of ether oxygens (including phenoxy) is 1. The second-order valence-corrected chi connectivity index (χ2v) is 8.67. The minimum Gasteiger partial charge on any atom is -0.379 e. The van der Waals surface area contributed by atoms with Crippen molar-refractivity contribution in [1.29, 1.82) is 0 Å². The van der Waals surface area contributed by atoms with E-state index < -0.39 is 0 Å².